The molecule has 0 aliphatic rings. The van der Waals surface area contributed by atoms with Crippen LogP contribution in [-0.4, -0.2) is 18.1 Å². The summed E-state index contributed by atoms with van der Waals surface area (Å²) in [5, 5.41) is 1.98. The molecule has 0 aromatic rings. The smallest absolute Gasteiger partial charge is 0.0177 e. The molecule has 0 unspecified atom stereocenters. The molecule has 0 aromatic heterocycles. The summed E-state index contributed by atoms with van der Waals surface area (Å²) in [4.78, 5) is 0. The minimum atomic E-state index is 0.314. The van der Waals surface area contributed by atoms with Crippen LogP contribution in [0, 0.1) is 5.41 Å². The van der Waals surface area contributed by atoms with Crippen molar-refractivity contribution >= 4 is 0 Å². The van der Waals surface area contributed by atoms with Crippen LogP contribution in [-0.2, 0) is 0 Å². The minimum Gasteiger partial charge on any atom is -0.269 e. The molecule has 0 aliphatic carbocycles. The summed E-state index contributed by atoms with van der Waals surface area (Å²) in [6, 6.07) is 0. The van der Waals surface area contributed by atoms with Crippen molar-refractivity contribution in [2.45, 2.75) is 79.1 Å². The molecule has 0 saturated carbocycles. The highest BCUT2D eigenvalue weighted by molar-refractivity contribution is 4.65. The lowest BCUT2D eigenvalue weighted by Gasteiger charge is -2.25. The number of rotatable bonds is 10. The Morgan fingerprint density at radius 3 is 1.76 bits per heavy atom. The van der Waals surface area contributed by atoms with Gasteiger partial charge in [-0.05, 0) is 11.8 Å². The molecule has 2 heteroatoms. The van der Waals surface area contributed by atoms with E-state index in [1.54, 1.807) is 0 Å². The molecule has 0 aromatic carbocycles. The topological polar surface area (TPSA) is 29.3 Å². The summed E-state index contributed by atoms with van der Waals surface area (Å²) < 4.78 is 0. The molecule has 0 saturated heterocycles. The summed E-state index contributed by atoms with van der Waals surface area (Å²) >= 11 is 0. The summed E-state index contributed by atoms with van der Waals surface area (Å²) in [6.45, 7) is 11.0. The molecule has 0 heterocycles. The maximum Gasteiger partial charge on any atom is 0.0177 e. The fourth-order valence-corrected chi connectivity index (χ4v) is 2.14. The molecule has 2 N–H and O–H groups in total. The van der Waals surface area contributed by atoms with Crippen molar-refractivity contribution in [1.29, 1.82) is 0 Å². The average Bonchev–Trinajstić information content (AvgIpc) is 2.19. The van der Waals surface area contributed by atoms with Gasteiger partial charge in [0.2, 0.25) is 0 Å². The third-order valence-corrected chi connectivity index (χ3v) is 2.98. The van der Waals surface area contributed by atoms with Gasteiger partial charge in [-0.2, -0.15) is 0 Å². The number of nitrogens with two attached hydrogens (primary N) is 1. The summed E-state index contributed by atoms with van der Waals surface area (Å²) in [6.07, 6.45) is 11.0. The highest BCUT2D eigenvalue weighted by atomic mass is 15.4. The van der Waals surface area contributed by atoms with Crippen molar-refractivity contribution in [1.82, 2.24) is 5.01 Å². The Morgan fingerprint density at radius 1 is 0.824 bits per heavy atom. The zero-order chi connectivity index (χ0) is 13.1. The van der Waals surface area contributed by atoms with Crippen LogP contribution in [0.3, 0.4) is 0 Å². The highest BCUT2D eigenvalue weighted by Crippen LogP contribution is 2.14. The molecule has 0 rings (SSSR count). The zero-order valence-electron chi connectivity index (χ0n) is 12.6. The van der Waals surface area contributed by atoms with Crippen molar-refractivity contribution in [3.8, 4) is 0 Å². The highest BCUT2D eigenvalue weighted by Gasteiger charge is 2.13. The first-order valence-electron chi connectivity index (χ1n) is 7.45. The van der Waals surface area contributed by atoms with Crippen LogP contribution < -0.4 is 5.84 Å². The van der Waals surface area contributed by atoms with Crippen LogP contribution in [0.2, 0.25) is 0 Å². The number of hydrazine groups is 1. The van der Waals surface area contributed by atoms with E-state index in [9.17, 15) is 0 Å². The summed E-state index contributed by atoms with van der Waals surface area (Å²) in [5.74, 6) is 5.97. The van der Waals surface area contributed by atoms with E-state index in [1.165, 1.54) is 51.4 Å². The number of nitrogens with zero attached hydrogens (tertiary/aromatic N) is 1. The zero-order valence-corrected chi connectivity index (χ0v) is 12.6. The van der Waals surface area contributed by atoms with Crippen molar-refractivity contribution in [2.75, 3.05) is 13.1 Å². The van der Waals surface area contributed by atoms with E-state index in [-0.39, 0.29) is 0 Å². The SMILES string of the molecule is CCCCCCCCCCN(N)CC(C)(C)C. The Labute approximate surface area is 109 Å². The molecular weight excluding hydrogens is 208 g/mol. The molecule has 0 fully saturated rings. The van der Waals surface area contributed by atoms with Gasteiger partial charge in [-0.3, -0.25) is 5.84 Å². The van der Waals surface area contributed by atoms with Gasteiger partial charge in [-0.15, -0.1) is 0 Å². The van der Waals surface area contributed by atoms with Crippen LogP contribution in [0.25, 0.3) is 0 Å². The van der Waals surface area contributed by atoms with Gasteiger partial charge in [-0.1, -0.05) is 72.6 Å². The van der Waals surface area contributed by atoms with Gasteiger partial charge in [0.1, 0.15) is 0 Å². The molecule has 0 amide bonds. The lowest BCUT2D eigenvalue weighted by molar-refractivity contribution is 0.191. The monoisotopic (exact) mass is 242 g/mol. The fourth-order valence-electron chi connectivity index (χ4n) is 2.14. The van der Waals surface area contributed by atoms with Gasteiger partial charge in [0.05, 0.1) is 0 Å². The van der Waals surface area contributed by atoms with E-state index in [4.69, 9.17) is 5.84 Å². The fraction of sp³-hybridized carbons (Fsp3) is 1.00. The molecule has 0 bridgehead atoms. The Kier molecular flexibility index (Phi) is 9.85. The predicted octanol–water partition coefficient (Wildman–Crippen LogP) is 4.35. The Balaban J connectivity index is 3.22. The summed E-state index contributed by atoms with van der Waals surface area (Å²) in [7, 11) is 0. The van der Waals surface area contributed by atoms with E-state index in [2.05, 4.69) is 27.7 Å². The maximum atomic E-state index is 5.97. The molecule has 17 heavy (non-hydrogen) atoms. The van der Waals surface area contributed by atoms with Crippen LogP contribution in [0.15, 0.2) is 0 Å². The second-order valence-electron chi connectivity index (χ2n) is 6.51. The Morgan fingerprint density at radius 2 is 1.29 bits per heavy atom. The second kappa shape index (κ2) is 9.90. The molecular formula is C15H34N2. The van der Waals surface area contributed by atoms with Crippen LogP contribution in [0.1, 0.15) is 79.1 Å². The quantitative estimate of drug-likeness (QED) is 0.350. The largest absolute Gasteiger partial charge is 0.269 e. The van der Waals surface area contributed by atoms with Crippen LogP contribution >= 0.6 is 0 Å². The Bertz CT molecular complexity index is 161. The van der Waals surface area contributed by atoms with E-state index >= 15 is 0 Å². The van der Waals surface area contributed by atoms with Crippen molar-refractivity contribution in [2.24, 2.45) is 11.3 Å². The van der Waals surface area contributed by atoms with Gasteiger partial charge < -0.3 is 0 Å². The van der Waals surface area contributed by atoms with E-state index in [1.807, 2.05) is 5.01 Å². The lowest BCUT2D eigenvalue weighted by atomic mass is 9.96. The van der Waals surface area contributed by atoms with Crippen molar-refractivity contribution < 1.29 is 0 Å². The van der Waals surface area contributed by atoms with Gasteiger partial charge in [0.25, 0.3) is 0 Å². The summed E-state index contributed by atoms with van der Waals surface area (Å²) in [5.41, 5.74) is 0.314. The second-order valence-corrected chi connectivity index (χ2v) is 6.51. The van der Waals surface area contributed by atoms with E-state index in [0.29, 0.717) is 5.41 Å². The lowest BCUT2D eigenvalue weighted by Crippen LogP contribution is -2.38. The Hall–Kier alpha value is -0.0800. The molecule has 104 valence electrons. The third kappa shape index (κ3) is 13.9. The molecule has 0 radical (unpaired) electrons. The molecule has 2 nitrogen and oxygen atoms in total. The number of unbranched alkanes of at least 4 members (excludes halogenated alkanes) is 7. The number of hydrogen-bond donors (Lipinski definition) is 1. The van der Waals surface area contributed by atoms with Crippen molar-refractivity contribution in [3.05, 3.63) is 0 Å². The van der Waals surface area contributed by atoms with Gasteiger partial charge in [-0.25, -0.2) is 5.01 Å². The van der Waals surface area contributed by atoms with E-state index < -0.39 is 0 Å². The molecule has 0 spiro atoms. The van der Waals surface area contributed by atoms with Gasteiger partial charge >= 0.3 is 0 Å². The predicted molar refractivity (Wildman–Crippen MR) is 77.8 cm³/mol. The van der Waals surface area contributed by atoms with Gasteiger partial charge in [0, 0.05) is 13.1 Å². The first kappa shape index (κ1) is 16.9. The standard InChI is InChI=1S/C15H34N2/c1-5-6-7-8-9-10-11-12-13-17(16)14-15(2,3)4/h5-14,16H2,1-4H3. The number of hydrogen-bond acceptors (Lipinski definition) is 2. The minimum absolute atomic E-state index is 0.314. The first-order valence-corrected chi connectivity index (χ1v) is 7.45. The third-order valence-electron chi connectivity index (χ3n) is 2.98. The molecule has 0 aliphatic heterocycles. The van der Waals surface area contributed by atoms with Crippen LogP contribution in [0.5, 0.6) is 0 Å². The maximum absolute atomic E-state index is 5.97. The van der Waals surface area contributed by atoms with Crippen LogP contribution in [0.4, 0.5) is 0 Å². The van der Waals surface area contributed by atoms with Crippen molar-refractivity contribution in [3.63, 3.8) is 0 Å². The average molecular weight is 242 g/mol. The van der Waals surface area contributed by atoms with E-state index in [0.717, 1.165) is 13.1 Å². The first-order chi connectivity index (χ1) is 7.95. The van der Waals surface area contributed by atoms with Gasteiger partial charge in [0.15, 0.2) is 0 Å². The molecule has 0 atom stereocenters. The normalized spacial score (nSPS) is 12.4.